The van der Waals surface area contributed by atoms with Crippen LogP contribution in [0, 0.1) is 5.82 Å². The number of rotatable bonds is 4. The second-order valence-electron chi connectivity index (χ2n) is 5.47. The number of carbonyl (C=O) groups excluding carboxylic acids is 1. The van der Waals surface area contributed by atoms with Crippen molar-refractivity contribution < 1.29 is 18.7 Å². The van der Waals surface area contributed by atoms with Crippen LogP contribution in [0.3, 0.4) is 0 Å². The first kappa shape index (κ1) is 16.8. The van der Waals surface area contributed by atoms with Gasteiger partial charge in [0.25, 0.3) is 5.91 Å². The van der Waals surface area contributed by atoms with Crippen LogP contribution in [0.4, 0.5) is 4.39 Å². The quantitative estimate of drug-likeness (QED) is 0.790. The predicted octanol–water partition coefficient (Wildman–Crippen LogP) is 3.89. The summed E-state index contributed by atoms with van der Waals surface area (Å²) in [4.78, 5) is 14.3. The average molecular weight is 394 g/mol. The summed E-state index contributed by atoms with van der Waals surface area (Å²) in [5, 5.41) is 0. The third-order valence-corrected chi connectivity index (χ3v) is 4.51. The molecular formula is C18H17BrFNO3. The van der Waals surface area contributed by atoms with Gasteiger partial charge in [-0.05, 0) is 53.2 Å². The fourth-order valence-corrected chi connectivity index (χ4v) is 3.00. The van der Waals surface area contributed by atoms with Gasteiger partial charge in [0.1, 0.15) is 12.4 Å². The smallest absolute Gasteiger partial charge is 0.255 e. The lowest BCUT2D eigenvalue weighted by Crippen LogP contribution is -2.43. The molecular weight excluding hydrogens is 377 g/mol. The fraction of sp³-hybridized carbons (Fsp3) is 0.278. The zero-order valence-corrected chi connectivity index (χ0v) is 14.8. The number of carbonyl (C=O) groups is 1. The summed E-state index contributed by atoms with van der Waals surface area (Å²) in [5.41, 5.74) is 0.300. The Labute approximate surface area is 148 Å². The molecule has 1 heterocycles. The minimum Gasteiger partial charge on any atom is -0.486 e. The van der Waals surface area contributed by atoms with Crippen molar-refractivity contribution in [3.05, 3.63) is 58.3 Å². The number of halogens is 2. The summed E-state index contributed by atoms with van der Waals surface area (Å²) in [6.45, 7) is 3.10. The molecule has 1 amide bonds. The molecule has 126 valence electrons. The minimum absolute atomic E-state index is 0.244. The molecule has 0 fully saturated rings. The zero-order chi connectivity index (χ0) is 17.1. The van der Waals surface area contributed by atoms with Crippen LogP contribution in [0.15, 0.2) is 46.9 Å². The molecule has 1 aliphatic heterocycles. The number of para-hydroxylation sites is 2. The minimum atomic E-state index is -0.441. The molecule has 24 heavy (non-hydrogen) atoms. The van der Waals surface area contributed by atoms with Gasteiger partial charge in [-0.25, -0.2) is 4.39 Å². The first-order chi connectivity index (χ1) is 11.6. The first-order valence-electron chi connectivity index (χ1n) is 7.71. The Kier molecular flexibility index (Phi) is 5.04. The van der Waals surface area contributed by atoms with Gasteiger partial charge in [0.15, 0.2) is 17.6 Å². The van der Waals surface area contributed by atoms with Crippen LogP contribution in [0.1, 0.15) is 17.3 Å². The Bertz CT molecular complexity index is 753. The van der Waals surface area contributed by atoms with E-state index in [0.717, 1.165) is 0 Å². The van der Waals surface area contributed by atoms with Crippen molar-refractivity contribution in [1.82, 2.24) is 4.90 Å². The molecule has 1 unspecified atom stereocenters. The average Bonchev–Trinajstić information content (AvgIpc) is 2.61. The summed E-state index contributed by atoms with van der Waals surface area (Å²) in [7, 11) is 0. The second kappa shape index (κ2) is 7.21. The maximum Gasteiger partial charge on any atom is 0.255 e. The van der Waals surface area contributed by atoms with Crippen molar-refractivity contribution in [3.8, 4) is 11.5 Å². The topological polar surface area (TPSA) is 38.8 Å². The molecule has 2 aromatic carbocycles. The summed E-state index contributed by atoms with van der Waals surface area (Å²) < 4.78 is 25.6. The van der Waals surface area contributed by atoms with E-state index in [9.17, 15) is 9.18 Å². The molecule has 0 saturated heterocycles. The van der Waals surface area contributed by atoms with E-state index >= 15 is 0 Å². The molecule has 2 aromatic rings. The number of amides is 1. The molecule has 0 radical (unpaired) electrons. The third kappa shape index (κ3) is 3.53. The highest BCUT2D eigenvalue weighted by molar-refractivity contribution is 9.10. The van der Waals surface area contributed by atoms with E-state index in [1.807, 2.05) is 31.2 Å². The van der Waals surface area contributed by atoms with Gasteiger partial charge in [0, 0.05) is 11.0 Å². The lowest BCUT2D eigenvalue weighted by atomic mass is 10.1. The van der Waals surface area contributed by atoms with E-state index in [4.69, 9.17) is 9.47 Å². The zero-order valence-electron chi connectivity index (χ0n) is 13.2. The molecule has 1 aliphatic rings. The largest absolute Gasteiger partial charge is 0.486 e. The molecule has 0 N–H and O–H groups in total. The van der Waals surface area contributed by atoms with Gasteiger partial charge in [-0.1, -0.05) is 12.1 Å². The van der Waals surface area contributed by atoms with Crippen LogP contribution in [0.2, 0.25) is 0 Å². The highest BCUT2D eigenvalue weighted by Crippen LogP contribution is 2.31. The van der Waals surface area contributed by atoms with E-state index in [0.29, 0.717) is 41.2 Å². The van der Waals surface area contributed by atoms with Crippen molar-refractivity contribution >= 4 is 21.8 Å². The summed E-state index contributed by atoms with van der Waals surface area (Å²) in [5.74, 6) is 0.690. The number of fused-ring (bicyclic) bond motifs is 1. The van der Waals surface area contributed by atoms with Crippen LogP contribution in [-0.2, 0) is 0 Å². The van der Waals surface area contributed by atoms with Gasteiger partial charge in [-0.3, -0.25) is 4.79 Å². The summed E-state index contributed by atoms with van der Waals surface area (Å²) in [6.07, 6.45) is -0.267. The third-order valence-electron chi connectivity index (χ3n) is 3.82. The molecule has 0 aliphatic carbocycles. The molecule has 0 spiro atoms. The molecule has 6 heteroatoms. The number of benzene rings is 2. The van der Waals surface area contributed by atoms with Crippen LogP contribution < -0.4 is 9.47 Å². The Morgan fingerprint density at radius 2 is 2.04 bits per heavy atom. The normalized spacial score (nSPS) is 15.9. The van der Waals surface area contributed by atoms with Crippen molar-refractivity contribution in [2.45, 2.75) is 13.0 Å². The number of ether oxygens (including phenoxy) is 2. The summed E-state index contributed by atoms with van der Waals surface area (Å²) >= 11 is 3.31. The van der Waals surface area contributed by atoms with Gasteiger partial charge >= 0.3 is 0 Å². The molecule has 0 saturated carbocycles. The van der Waals surface area contributed by atoms with Gasteiger partial charge in [-0.2, -0.15) is 0 Å². The van der Waals surface area contributed by atoms with Crippen molar-refractivity contribution in [3.63, 3.8) is 0 Å². The standard InChI is InChI=1S/C18H17BrFNO3/c1-2-21(18(22)14-9-12(20)7-8-15(14)19)10-13-11-23-16-5-3-4-6-17(16)24-13/h3-9,13H,2,10-11H2,1H3. The predicted molar refractivity (Wildman–Crippen MR) is 92.0 cm³/mol. The van der Waals surface area contributed by atoms with Crippen LogP contribution in [0.5, 0.6) is 11.5 Å². The van der Waals surface area contributed by atoms with Crippen molar-refractivity contribution in [2.75, 3.05) is 19.7 Å². The van der Waals surface area contributed by atoms with Crippen LogP contribution in [0.25, 0.3) is 0 Å². The highest BCUT2D eigenvalue weighted by Gasteiger charge is 2.26. The Balaban J connectivity index is 1.73. The SMILES string of the molecule is CCN(CC1COc2ccccc2O1)C(=O)c1cc(F)ccc1Br. The summed E-state index contributed by atoms with van der Waals surface area (Å²) in [6, 6.07) is 11.5. The molecule has 3 rings (SSSR count). The monoisotopic (exact) mass is 393 g/mol. The Morgan fingerprint density at radius 1 is 1.29 bits per heavy atom. The second-order valence-corrected chi connectivity index (χ2v) is 6.32. The maximum absolute atomic E-state index is 13.5. The van der Waals surface area contributed by atoms with Crippen molar-refractivity contribution in [1.29, 1.82) is 0 Å². The molecule has 0 aromatic heterocycles. The van der Waals surface area contributed by atoms with E-state index in [2.05, 4.69) is 15.9 Å². The van der Waals surface area contributed by atoms with Gasteiger partial charge in [-0.15, -0.1) is 0 Å². The molecule has 4 nitrogen and oxygen atoms in total. The fourth-order valence-electron chi connectivity index (χ4n) is 2.59. The van der Waals surface area contributed by atoms with Crippen molar-refractivity contribution in [2.24, 2.45) is 0 Å². The lowest BCUT2D eigenvalue weighted by Gasteiger charge is -2.31. The van der Waals surface area contributed by atoms with Crippen LogP contribution in [-0.4, -0.2) is 36.6 Å². The van der Waals surface area contributed by atoms with E-state index in [-0.39, 0.29) is 12.0 Å². The highest BCUT2D eigenvalue weighted by atomic mass is 79.9. The number of hydrogen-bond donors (Lipinski definition) is 0. The van der Waals surface area contributed by atoms with Crippen LogP contribution >= 0.6 is 15.9 Å². The Hall–Kier alpha value is -2.08. The molecule has 1 atom stereocenters. The van der Waals surface area contributed by atoms with E-state index < -0.39 is 5.82 Å². The number of nitrogens with zero attached hydrogens (tertiary/aromatic N) is 1. The van der Waals surface area contributed by atoms with E-state index in [1.165, 1.54) is 18.2 Å². The van der Waals surface area contributed by atoms with Gasteiger partial charge < -0.3 is 14.4 Å². The molecule has 0 bridgehead atoms. The lowest BCUT2D eigenvalue weighted by molar-refractivity contribution is 0.0474. The first-order valence-corrected chi connectivity index (χ1v) is 8.50. The van der Waals surface area contributed by atoms with E-state index in [1.54, 1.807) is 4.90 Å². The van der Waals surface area contributed by atoms with Gasteiger partial charge in [0.2, 0.25) is 0 Å². The van der Waals surface area contributed by atoms with Gasteiger partial charge in [0.05, 0.1) is 12.1 Å². The maximum atomic E-state index is 13.5. The number of likely N-dealkylation sites (N-methyl/N-ethyl adjacent to an activating group) is 1. The Morgan fingerprint density at radius 3 is 2.79 bits per heavy atom. The number of hydrogen-bond acceptors (Lipinski definition) is 3.